The Morgan fingerprint density at radius 2 is 1.30 bits per heavy atom. The summed E-state index contributed by atoms with van der Waals surface area (Å²) in [6.07, 6.45) is 12.1. The van der Waals surface area contributed by atoms with Crippen molar-refractivity contribution in [2.45, 2.75) is 147 Å². The molecule has 0 radical (unpaired) electrons. The number of phenolic OH excluding ortho intramolecular Hbond substituents is 2. The number of nitrogens with two attached hydrogens (primary N) is 2. The van der Waals surface area contributed by atoms with E-state index in [-0.39, 0.29) is 46.9 Å². The Morgan fingerprint density at radius 1 is 0.731 bits per heavy atom. The highest BCUT2D eigenvalue weighted by Crippen LogP contribution is 2.38. The van der Waals surface area contributed by atoms with Crippen molar-refractivity contribution in [3.8, 4) is 22.6 Å². The second-order valence-corrected chi connectivity index (χ2v) is 17.2. The summed E-state index contributed by atoms with van der Waals surface area (Å²) in [4.78, 5) is 95.5. The van der Waals surface area contributed by atoms with Crippen molar-refractivity contribution in [1.82, 2.24) is 36.4 Å². The molecule has 6 atom stereocenters. The van der Waals surface area contributed by atoms with E-state index in [0.717, 1.165) is 35.5 Å². The minimum Gasteiger partial charge on any atom is -0.507 e. The second-order valence-electron chi connectivity index (χ2n) is 17.2. The fraction of sp³-hybridized carbons (Fsp3) is 0.596. The van der Waals surface area contributed by atoms with Crippen molar-refractivity contribution in [2.24, 2.45) is 11.5 Å². The SMILES string of the molecule is CCCCCCCCCCCCCCCC(=O)N(C)[C@H](CO)C(=O)N[C@H](N)C(=O)NCC(=O)N(C)[C@@H]1C(=O)N[C@@H](C)C(=O)N[C@H](C(=O)N[C@H](N)CO)Cc2ccc(O)c(c2)-c2cc1ccc2O. The molecule has 20 heteroatoms. The van der Waals surface area contributed by atoms with Crippen LogP contribution in [0, 0.1) is 0 Å². The third-order valence-corrected chi connectivity index (χ3v) is 11.9. The minimum atomic E-state index is -1.71. The first kappa shape index (κ1) is 55.5. The van der Waals surface area contributed by atoms with Crippen molar-refractivity contribution in [1.29, 1.82) is 0 Å². The number of aliphatic hydroxyl groups excluding tert-OH is 2. The van der Waals surface area contributed by atoms with E-state index in [1.165, 1.54) is 109 Å². The predicted octanol–water partition coefficient (Wildman–Crippen LogP) is 1.02. The number of nitrogens with one attached hydrogen (secondary N) is 5. The highest BCUT2D eigenvalue weighted by atomic mass is 16.3. The standard InChI is InChI=1S/C47H73N9O11/c1-5-6-7-8-9-10-11-12-13-14-15-16-17-18-39(61)55(3)35(27-57)45(65)54-42(49)47(67)50-26-40(62)56(4)41-31-20-22-37(60)33(25-31)32-23-30(19-21-36(32)59)24-34(44(64)53-38(48)28-58)52-43(63)29(2)51-46(41)66/h19-23,25,29,34-35,38,41-42,57-60H,5-18,24,26-28,48-49H2,1-4H3,(H,50,67)(H,51,66)(H,52,63)(H,53,64)(H,54,65)/t29-,34-,35+,38-,41-,42-/m0/s1. The number of hydrogen-bond donors (Lipinski definition) is 11. The summed E-state index contributed by atoms with van der Waals surface area (Å²) in [7, 11) is 2.63. The highest BCUT2D eigenvalue weighted by Gasteiger charge is 2.34. The lowest BCUT2D eigenvalue weighted by molar-refractivity contribution is -0.142. The minimum absolute atomic E-state index is 0.0519. The maximum atomic E-state index is 14.0. The number of rotatable bonds is 25. The van der Waals surface area contributed by atoms with Crippen LogP contribution in [0.4, 0.5) is 0 Å². The Labute approximate surface area is 393 Å². The van der Waals surface area contributed by atoms with Crippen LogP contribution in [0.3, 0.4) is 0 Å². The summed E-state index contributed by atoms with van der Waals surface area (Å²) >= 11 is 0. The molecule has 7 amide bonds. The number of unbranched alkanes of at least 4 members (excludes halogenated alkanes) is 12. The van der Waals surface area contributed by atoms with Crippen LogP contribution in [-0.4, -0.2) is 136 Å². The number of benzene rings is 2. The van der Waals surface area contributed by atoms with Crippen LogP contribution in [0.5, 0.6) is 11.5 Å². The summed E-state index contributed by atoms with van der Waals surface area (Å²) in [5.41, 5.74) is 12.4. The van der Waals surface area contributed by atoms with Crippen LogP contribution in [0.25, 0.3) is 11.1 Å². The molecule has 4 bridgehead atoms. The molecule has 2 aromatic rings. The van der Waals surface area contributed by atoms with E-state index in [4.69, 9.17) is 11.5 Å². The number of phenols is 2. The third kappa shape index (κ3) is 17.4. The molecule has 20 nitrogen and oxygen atoms in total. The third-order valence-electron chi connectivity index (χ3n) is 11.9. The number of carbonyl (C=O) groups is 7. The van der Waals surface area contributed by atoms with E-state index in [2.05, 4.69) is 33.5 Å². The number of amides is 7. The fourth-order valence-corrected chi connectivity index (χ4v) is 7.73. The zero-order chi connectivity index (χ0) is 49.6. The molecular weight excluding hydrogens is 867 g/mol. The Morgan fingerprint density at radius 3 is 1.88 bits per heavy atom. The molecule has 2 aromatic carbocycles. The number of fused-ring (bicyclic) bond motifs is 5. The molecule has 67 heavy (non-hydrogen) atoms. The van der Waals surface area contributed by atoms with E-state index >= 15 is 0 Å². The van der Waals surface area contributed by atoms with Gasteiger partial charge < -0.3 is 68.3 Å². The normalized spacial score (nSPS) is 17.4. The van der Waals surface area contributed by atoms with Crippen LogP contribution in [0.2, 0.25) is 0 Å². The number of aliphatic hydroxyl groups is 2. The fourth-order valence-electron chi connectivity index (χ4n) is 7.73. The predicted molar refractivity (Wildman–Crippen MR) is 250 cm³/mol. The van der Waals surface area contributed by atoms with Gasteiger partial charge in [0, 0.05) is 38.1 Å². The lowest BCUT2D eigenvalue weighted by Crippen LogP contribution is -2.59. The van der Waals surface area contributed by atoms with Crippen LogP contribution < -0.4 is 38.1 Å². The molecule has 372 valence electrons. The molecule has 0 spiro atoms. The van der Waals surface area contributed by atoms with Crippen molar-refractivity contribution in [3.63, 3.8) is 0 Å². The number of aromatic hydroxyl groups is 2. The first-order valence-corrected chi connectivity index (χ1v) is 23.3. The quantitative estimate of drug-likeness (QED) is 0.0490. The molecule has 0 fully saturated rings. The molecular formula is C47H73N9O11. The molecule has 0 saturated heterocycles. The van der Waals surface area contributed by atoms with Gasteiger partial charge >= 0.3 is 0 Å². The maximum absolute atomic E-state index is 14.0. The Kier molecular flexibility index (Phi) is 23.5. The van der Waals surface area contributed by atoms with Gasteiger partial charge in [-0.25, -0.2) is 0 Å². The average Bonchev–Trinajstić information content (AvgIpc) is 3.30. The molecule has 1 aliphatic heterocycles. The van der Waals surface area contributed by atoms with Crippen LogP contribution in [-0.2, 0) is 40.0 Å². The van der Waals surface area contributed by atoms with Crippen LogP contribution in [0.1, 0.15) is 121 Å². The molecule has 1 aliphatic rings. The number of nitrogens with zero attached hydrogens (tertiary/aromatic N) is 2. The van der Waals surface area contributed by atoms with Crippen molar-refractivity contribution in [2.75, 3.05) is 33.9 Å². The highest BCUT2D eigenvalue weighted by molar-refractivity contribution is 5.97. The number of hydrogen-bond acceptors (Lipinski definition) is 13. The van der Waals surface area contributed by atoms with Gasteiger partial charge in [-0.3, -0.25) is 33.6 Å². The van der Waals surface area contributed by atoms with Gasteiger partial charge in [0.15, 0.2) is 6.17 Å². The molecule has 13 N–H and O–H groups in total. The largest absolute Gasteiger partial charge is 0.507 e. The van der Waals surface area contributed by atoms with E-state index in [1.54, 1.807) is 0 Å². The summed E-state index contributed by atoms with van der Waals surface area (Å²) in [6, 6.07) is 2.86. The van der Waals surface area contributed by atoms with Gasteiger partial charge in [0.25, 0.3) is 5.91 Å². The van der Waals surface area contributed by atoms with Gasteiger partial charge in [-0.05, 0) is 48.7 Å². The van der Waals surface area contributed by atoms with Gasteiger partial charge in [-0.2, -0.15) is 0 Å². The smallest absolute Gasteiger partial charge is 0.257 e. The first-order chi connectivity index (χ1) is 31.9. The molecule has 3 rings (SSSR count). The monoisotopic (exact) mass is 940 g/mol. The summed E-state index contributed by atoms with van der Waals surface area (Å²) in [6.45, 7) is 1.49. The van der Waals surface area contributed by atoms with E-state index in [1.807, 2.05) is 0 Å². The van der Waals surface area contributed by atoms with E-state index in [9.17, 15) is 54.0 Å². The Bertz CT molecular complexity index is 1990. The summed E-state index contributed by atoms with van der Waals surface area (Å²) in [5, 5.41) is 53.3. The van der Waals surface area contributed by atoms with Gasteiger partial charge in [-0.15, -0.1) is 0 Å². The summed E-state index contributed by atoms with van der Waals surface area (Å²) < 4.78 is 0. The van der Waals surface area contributed by atoms with E-state index in [0.29, 0.717) is 12.0 Å². The van der Waals surface area contributed by atoms with Crippen molar-refractivity contribution < 1.29 is 54.0 Å². The second kappa shape index (κ2) is 28.4. The van der Waals surface area contributed by atoms with Gasteiger partial charge in [0.1, 0.15) is 41.8 Å². The Balaban J connectivity index is 1.64. The molecule has 0 aliphatic carbocycles. The topological polar surface area (TPSA) is 319 Å². The molecule has 0 saturated carbocycles. The number of likely N-dealkylation sites (N-methyl/N-ethyl adjacent to an activating group) is 2. The molecule has 0 unspecified atom stereocenters. The van der Waals surface area contributed by atoms with Gasteiger partial charge in [0.2, 0.25) is 35.4 Å². The summed E-state index contributed by atoms with van der Waals surface area (Å²) in [5.74, 6) is -6.12. The van der Waals surface area contributed by atoms with Crippen LogP contribution >= 0.6 is 0 Å². The zero-order valence-corrected chi connectivity index (χ0v) is 39.4. The van der Waals surface area contributed by atoms with Crippen molar-refractivity contribution in [3.05, 3.63) is 47.5 Å². The first-order valence-electron chi connectivity index (χ1n) is 23.3. The zero-order valence-electron chi connectivity index (χ0n) is 39.4. The number of carbonyl (C=O) groups excluding carboxylic acids is 7. The lowest BCUT2D eigenvalue weighted by atomic mass is 9.93. The van der Waals surface area contributed by atoms with E-state index < -0.39 is 91.7 Å². The molecule has 1 heterocycles. The van der Waals surface area contributed by atoms with Crippen LogP contribution in [0.15, 0.2) is 36.4 Å². The Hall–Kier alpha value is -5.83. The maximum Gasteiger partial charge on any atom is 0.257 e. The lowest BCUT2D eigenvalue weighted by Gasteiger charge is -2.30. The van der Waals surface area contributed by atoms with Gasteiger partial charge in [0.05, 0.1) is 19.8 Å². The van der Waals surface area contributed by atoms with Crippen molar-refractivity contribution >= 4 is 41.4 Å². The van der Waals surface area contributed by atoms with Gasteiger partial charge in [-0.1, -0.05) is 96.1 Å². The molecule has 0 aromatic heterocycles. The average molecular weight is 940 g/mol.